The number of halogens is 1. The molecule has 0 unspecified atom stereocenters. The number of hydrogen-bond acceptors (Lipinski definition) is 8. The maximum atomic E-state index is 13.4. The number of likely N-dealkylation sites (tertiary alicyclic amines) is 1. The molecule has 1 aliphatic heterocycles. The molecule has 0 aliphatic carbocycles. The van der Waals surface area contributed by atoms with Gasteiger partial charge in [-0.3, -0.25) is 19.5 Å². The fraction of sp³-hybridized carbons (Fsp3) is 0.406. The summed E-state index contributed by atoms with van der Waals surface area (Å²) in [7, 11) is -1.13. The maximum absolute atomic E-state index is 13.4. The van der Waals surface area contributed by atoms with E-state index in [1.807, 2.05) is 19.2 Å². The van der Waals surface area contributed by atoms with E-state index in [9.17, 15) is 22.4 Å². The molecule has 1 N–H and O–H groups in total. The van der Waals surface area contributed by atoms with Crippen molar-refractivity contribution in [3.05, 3.63) is 95.1 Å². The van der Waals surface area contributed by atoms with Crippen LogP contribution in [-0.2, 0) is 22.7 Å². The fourth-order valence-corrected chi connectivity index (χ4v) is 6.94. The van der Waals surface area contributed by atoms with Crippen LogP contribution in [-0.4, -0.2) is 78.9 Å². The van der Waals surface area contributed by atoms with Crippen molar-refractivity contribution in [2.75, 3.05) is 32.2 Å². The monoisotopic (exact) mass is 627 g/mol. The van der Waals surface area contributed by atoms with Gasteiger partial charge in [-0.25, -0.2) is 12.8 Å². The molecule has 2 aromatic carbocycles. The molecule has 0 saturated carbocycles. The molecule has 4 rings (SSSR count). The van der Waals surface area contributed by atoms with Crippen LogP contribution in [0.5, 0.6) is 5.75 Å². The quantitative estimate of drug-likeness (QED) is 0.294. The van der Waals surface area contributed by atoms with Crippen molar-refractivity contribution in [2.24, 2.45) is 0 Å². The van der Waals surface area contributed by atoms with Crippen LogP contribution in [0.3, 0.4) is 0 Å². The Labute approximate surface area is 257 Å². The summed E-state index contributed by atoms with van der Waals surface area (Å²) < 4.78 is 42.7. The van der Waals surface area contributed by atoms with Gasteiger partial charge in [0.05, 0.1) is 5.75 Å². The Balaban J connectivity index is 1.41. The first kappa shape index (κ1) is 32.6. The Hall–Kier alpha value is -3.28. The van der Waals surface area contributed by atoms with Crippen molar-refractivity contribution >= 4 is 32.6 Å². The van der Waals surface area contributed by atoms with Crippen molar-refractivity contribution in [3.63, 3.8) is 0 Å². The number of likely N-dealkylation sites (N-methyl/N-ethyl adjacent to an activating group) is 1. The zero-order valence-corrected chi connectivity index (χ0v) is 26.3. The normalized spacial score (nSPS) is 17.9. The van der Waals surface area contributed by atoms with E-state index in [4.69, 9.17) is 4.74 Å². The Kier molecular flexibility index (Phi) is 11.3. The summed E-state index contributed by atoms with van der Waals surface area (Å²) >= 11 is 1.33. The number of aryl methyl sites for hydroxylation is 2. The highest BCUT2D eigenvalue weighted by Crippen LogP contribution is 2.30. The summed E-state index contributed by atoms with van der Waals surface area (Å²) in [6.45, 7) is 2.94. The molecule has 1 aliphatic rings. The number of carbonyl (C=O) groups excluding carboxylic acids is 2. The third kappa shape index (κ3) is 10.1. The van der Waals surface area contributed by atoms with Crippen molar-refractivity contribution < 1.29 is 27.1 Å². The van der Waals surface area contributed by atoms with Gasteiger partial charge in [0.25, 0.3) is 5.91 Å². The second kappa shape index (κ2) is 14.9. The standard InChI is InChI=1S/C32H38FN3O5S2/c1-22(14-16-43(3,39)40)35-31(37)30-18-28(13-10-24(30)9-6-23-7-11-26(33)12-8-23)41-21-27-17-29(20-36(27)2)42-32(38)25-5-4-15-34-19-25/h4-5,7-8,10-13,15,18-19,22,27,29H,6,9,14,16-17,20-21H2,1-3H3,(H,35,37)/t22-,27+,29+/m1/s1. The van der Waals surface area contributed by atoms with E-state index in [0.29, 0.717) is 42.7 Å². The van der Waals surface area contributed by atoms with Crippen molar-refractivity contribution in [1.82, 2.24) is 15.2 Å². The van der Waals surface area contributed by atoms with Gasteiger partial charge in [-0.05, 0) is 87.2 Å². The number of pyridine rings is 1. The van der Waals surface area contributed by atoms with Gasteiger partial charge in [0, 0.05) is 53.7 Å². The molecule has 11 heteroatoms. The largest absolute Gasteiger partial charge is 0.492 e. The van der Waals surface area contributed by atoms with Gasteiger partial charge < -0.3 is 10.1 Å². The van der Waals surface area contributed by atoms with Gasteiger partial charge >= 0.3 is 0 Å². The highest BCUT2D eigenvalue weighted by molar-refractivity contribution is 8.14. The lowest BCUT2D eigenvalue weighted by molar-refractivity contribution is 0.0937. The topological polar surface area (TPSA) is 106 Å². The molecule has 3 aromatic rings. The zero-order chi connectivity index (χ0) is 31.0. The van der Waals surface area contributed by atoms with Crippen LogP contribution in [0.1, 0.15) is 51.6 Å². The number of ether oxygens (including phenoxy) is 1. The van der Waals surface area contributed by atoms with Gasteiger partial charge in [-0.1, -0.05) is 30.0 Å². The summed E-state index contributed by atoms with van der Waals surface area (Å²) in [4.78, 5) is 32.2. The minimum Gasteiger partial charge on any atom is -0.492 e. The fourth-order valence-electron chi connectivity index (χ4n) is 4.97. The first-order valence-electron chi connectivity index (χ1n) is 14.3. The molecule has 1 saturated heterocycles. The van der Waals surface area contributed by atoms with Crippen molar-refractivity contribution in [3.8, 4) is 5.75 Å². The van der Waals surface area contributed by atoms with Crippen LogP contribution < -0.4 is 10.1 Å². The van der Waals surface area contributed by atoms with Crippen LogP contribution in [0.25, 0.3) is 0 Å². The number of nitrogens with zero attached hydrogens (tertiary/aromatic N) is 2. The number of nitrogens with one attached hydrogen (secondary N) is 1. The predicted molar refractivity (Wildman–Crippen MR) is 168 cm³/mol. The maximum Gasteiger partial charge on any atom is 0.251 e. The van der Waals surface area contributed by atoms with Crippen molar-refractivity contribution in [1.29, 1.82) is 0 Å². The number of rotatable bonds is 13. The van der Waals surface area contributed by atoms with E-state index in [-0.39, 0.29) is 39.9 Å². The first-order chi connectivity index (χ1) is 20.5. The molecular formula is C32H38FN3O5S2. The smallest absolute Gasteiger partial charge is 0.251 e. The van der Waals surface area contributed by atoms with Gasteiger partial charge in [0.1, 0.15) is 28.0 Å². The molecule has 0 bridgehead atoms. The molecule has 1 fully saturated rings. The lowest BCUT2D eigenvalue weighted by Gasteiger charge is -2.20. The molecular weight excluding hydrogens is 590 g/mol. The molecule has 3 atom stereocenters. The van der Waals surface area contributed by atoms with Gasteiger partial charge in [-0.15, -0.1) is 0 Å². The second-order valence-electron chi connectivity index (χ2n) is 11.1. The lowest BCUT2D eigenvalue weighted by atomic mass is 9.98. The van der Waals surface area contributed by atoms with Gasteiger partial charge in [0.15, 0.2) is 0 Å². The number of amides is 1. The van der Waals surface area contributed by atoms with Crippen molar-refractivity contribution in [2.45, 2.75) is 49.9 Å². The van der Waals surface area contributed by atoms with Crippen LogP contribution >= 0.6 is 11.8 Å². The van der Waals surface area contributed by atoms with Crippen LogP contribution in [0.4, 0.5) is 4.39 Å². The van der Waals surface area contributed by atoms with Gasteiger partial charge in [-0.2, -0.15) is 0 Å². The molecule has 43 heavy (non-hydrogen) atoms. The SMILES string of the molecule is C[C@H](CCS(C)(=O)=O)NC(=O)c1cc(OC[C@@H]2C[C@H](SC(=O)c3cccnc3)CN2C)ccc1CCc1ccc(F)cc1. The van der Waals surface area contributed by atoms with E-state index in [1.165, 1.54) is 30.2 Å². The number of hydrogen-bond donors (Lipinski definition) is 1. The summed E-state index contributed by atoms with van der Waals surface area (Å²) in [6.07, 6.45) is 6.67. The summed E-state index contributed by atoms with van der Waals surface area (Å²) in [5.74, 6) is -0.0672. The average Bonchev–Trinajstić information content (AvgIpc) is 3.33. The Bertz CT molecular complexity index is 1500. The van der Waals surface area contributed by atoms with Crippen LogP contribution in [0.2, 0.25) is 0 Å². The number of sulfone groups is 1. The van der Waals surface area contributed by atoms with E-state index >= 15 is 0 Å². The molecule has 230 valence electrons. The van der Waals surface area contributed by atoms with E-state index < -0.39 is 9.84 Å². The Morgan fingerprint density at radius 1 is 1.16 bits per heavy atom. The summed E-state index contributed by atoms with van der Waals surface area (Å²) in [6, 6.07) is 15.0. The third-order valence-corrected chi connectivity index (χ3v) is 9.59. The molecule has 0 radical (unpaired) electrons. The first-order valence-corrected chi connectivity index (χ1v) is 17.2. The number of benzene rings is 2. The van der Waals surface area contributed by atoms with E-state index in [2.05, 4.69) is 15.2 Å². The van der Waals surface area contributed by atoms with Gasteiger partial charge in [0.2, 0.25) is 5.12 Å². The second-order valence-corrected chi connectivity index (χ2v) is 14.7. The summed E-state index contributed by atoms with van der Waals surface area (Å²) in [5, 5.41) is 3.07. The number of aromatic nitrogens is 1. The minimum absolute atomic E-state index is 0.00529. The molecule has 1 amide bonds. The minimum atomic E-state index is -3.15. The highest BCUT2D eigenvalue weighted by Gasteiger charge is 2.32. The van der Waals surface area contributed by atoms with E-state index in [1.54, 1.807) is 49.6 Å². The molecule has 2 heterocycles. The third-order valence-electron chi connectivity index (χ3n) is 7.48. The van der Waals surface area contributed by atoms with E-state index in [0.717, 1.165) is 24.1 Å². The average molecular weight is 628 g/mol. The number of thioether (sulfide) groups is 1. The molecule has 1 aromatic heterocycles. The predicted octanol–water partition coefficient (Wildman–Crippen LogP) is 4.58. The highest BCUT2D eigenvalue weighted by atomic mass is 32.2. The Morgan fingerprint density at radius 2 is 1.93 bits per heavy atom. The molecule has 0 spiro atoms. The Morgan fingerprint density at radius 3 is 2.63 bits per heavy atom. The summed E-state index contributed by atoms with van der Waals surface area (Å²) in [5.41, 5.74) is 2.81. The number of carbonyl (C=O) groups is 2. The zero-order valence-electron chi connectivity index (χ0n) is 24.7. The van der Waals surface area contributed by atoms with Crippen LogP contribution in [0.15, 0.2) is 67.0 Å². The lowest BCUT2D eigenvalue weighted by Crippen LogP contribution is -2.34. The van der Waals surface area contributed by atoms with Crippen LogP contribution in [0, 0.1) is 5.82 Å². The molecule has 8 nitrogen and oxygen atoms in total.